The average molecular weight is 334 g/mol. The minimum atomic E-state index is -3.25. The van der Waals surface area contributed by atoms with Gasteiger partial charge in [-0.1, -0.05) is 6.07 Å². The van der Waals surface area contributed by atoms with E-state index in [-0.39, 0.29) is 11.7 Å². The van der Waals surface area contributed by atoms with Gasteiger partial charge in [0, 0.05) is 19.2 Å². The molecule has 3 rings (SSSR count). The van der Waals surface area contributed by atoms with Gasteiger partial charge in [0.1, 0.15) is 5.76 Å². The topological polar surface area (TPSA) is 70.8 Å². The standard InChI is InChI=1S/C16H18N2O4S/c1-17(12-15-7-3-9-22-15)16(19)13-5-2-6-14(11-13)18-8-4-10-23(18,20)21/h2-3,5-7,9,11H,4,8,10,12H2,1H3. The fourth-order valence-corrected chi connectivity index (χ4v) is 4.21. The molecule has 122 valence electrons. The Kier molecular flexibility index (Phi) is 4.12. The van der Waals surface area contributed by atoms with Crippen molar-refractivity contribution in [2.45, 2.75) is 13.0 Å². The predicted molar refractivity (Wildman–Crippen MR) is 86.7 cm³/mol. The SMILES string of the molecule is CN(Cc1ccco1)C(=O)c1cccc(N2CCCS2(=O)=O)c1. The number of hydrogen-bond donors (Lipinski definition) is 0. The van der Waals surface area contributed by atoms with Crippen LogP contribution in [-0.4, -0.2) is 38.6 Å². The van der Waals surface area contributed by atoms with E-state index in [0.717, 1.165) is 0 Å². The van der Waals surface area contributed by atoms with Crippen LogP contribution >= 0.6 is 0 Å². The van der Waals surface area contributed by atoms with Gasteiger partial charge < -0.3 is 9.32 Å². The molecule has 2 aromatic rings. The summed E-state index contributed by atoms with van der Waals surface area (Å²) in [6.07, 6.45) is 2.17. The highest BCUT2D eigenvalue weighted by Gasteiger charge is 2.28. The zero-order valence-electron chi connectivity index (χ0n) is 12.8. The van der Waals surface area contributed by atoms with Crippen molar-refractivity contribution in [3.8, 4) is 0 Å². The van der Waals surface area contributed by atoms with E-state index in [2.05, 4.69) is 0 Å². The number of carbonyl (C=O) groups excluding carboxylic acids is 1. The van der Waals surface area contributed by atoms with Crippen molar-refractivity contribution >= 4 is 21.6 Å². The lowest BCUT2D eigenvalue weighted by molar-refractivity contribution is 0.0775. The summed E-state index contributed by atoms with van der Waals surface area (Å²) in [5, 5.41) is 0. The van der Waals surface area contributed by atoms with Crippen molar-refractivity contribution in [2.75, 3.05) is 23.7 Å². The molecule has 0 N–H and O–H groups in total. The fraction of sp³-hybridized carbons (Fsp3) is 0.312. The van der Waals surface area contributed by atoms with Crippen molar-refractivity contribution in [2.24, 2.45) is 0 Å². The summed E-state index contributed by atoms with van der Waals surface area (Å²) in [7, 11) is -1.57. The number of sulfonamides is 1. The molecule has 23 heavy (non-hydrogen) atoms. The van der Waals surface area contributed by atoms with Crippen molar-refractivity contribution in [1.82, 2.24) is 4.90 Å². The Bertz CT molecular complexity index is 799. The number of amides is 1. The first-order valence-corrected chi connectivity index (χ1v) is 8.96. The van der Waals surface area contributed by atoms with Gasteiger partial charge in [0.25, 0.3) is 5.91 Å². The summed E-state index contributed by atoms with van der Waals surface area (Å²) in [5.41, 5.74) is 0.999. The minimum Gasteiger partial charge on any atom is -0.467 e. The molecular formula is C16H18N2O4S. The zero-order chi connectivity index (χ0) is 16.4. The van der Waals surface area contributed by atoms with Crippen LogP contribution in [0.5, 0.6) is 0 Å². The molecule has 6 nitrogen and oxygen atoms in total. The molecule has 0 radical (unpaired) electrons. The lowest BCUT2D eigenvalue weighted by Crippen LogP contribution is -2.27. The van der Waals surface area contributed by atoms with E-state index in [4.69, 9.17) is 4.42 Å². The Hall–Kier alpha value is -2.28. The van der Waals surface area contributed by atoms with Crippen LogP contribution in [0.4, 0.5) is 5.69 Å². The van der Waals surface area contributed by atoms with Gasteiger partial charge in [-0.3, -0.25) is 9.10 Å². The van der Waals surface area contributed by atoms with E-state index < -0.39 is 10.0 Å². The van der Waals surface area contributed by atoms with Crippen LogP contribution in [-0.2, 0) is 16.6 Å². The molecule has 7 heteroatoms. The summed E-state index contributed by atoms with van der Waals surface area (Å²) in [4.78, 5) is 14.1. The second kappa shape index (κ2) is 6.08. The van der Waals surface area contributed by atoms with Crippen LogP contribution in [0.1, 0.15) is 22.5 Å². The third-order valence-corrected chi connectivity index (χ3v) is 5.67. The molecule has 1 saturated heterocycles. The molecule has 0 atom stereocenters. The highest BCUT2D eigenvalue weighted by molar-refractivity contribution is 7.93. The molecule has 0 unspecified atom stereocenters. The van der Waals surface area contributed by atoms with Crippen LogP contribution in [0.3, 0.4) is 0 Å². The molecule has 1 fully saturated rings. The van der Waals surface area contributed by atoms with E-state index >= 15 is 0 Å². The lowest BCUT2D eigenvalue weighted by atomic mass is 10.1. The molecule has 1 aliphatic heterocycles. The number of furan rings is 1. The largest absolute Gasteiger partial charge is 0.467 e. The van der Waals surface area contributed by atoms with Crippen LogP contribution < -0.4 is 4.31 Å². The van der Waals surface area contributed by atoms with Gasteiger partial charge in [0.05, 0.1) is 24.2 Å². The Morgan fingerprint density at radius 2 is 2.13 bits per heavy atom. The van der Waals surface area contributed by atoms with Crippen molar-refractivity contribution < 1.29 is 17.6 Å². The van der Waals surface area contributed by atoms with Crippen molar-refractivity contribution in [1.29, 1.82) is 0 Å². The first-order valence-electron chi connectivity index (χ1n) is 7.36. The number of hydrogen-bond acceptors (Lipinski definition) is 4. The number of anilines is 1. The second-order valence-corrected chi connectivity index (χ2v) is 7.55. The predicted octanol–water partition coefficient (Wildman–Crippen LogP) is 2.09. The molecule has 0 spiro atoms. The maximum absolute atomic E-state index is 12.5. The first-order chi connectivity index (χ1) is 11.0. The van der Waals surface area contributed by atoms with Gasteiger partial charge in [-0.05, 0) is 36.8 Å². The second-order valence-electron chi connectivity index (χ2n) is 5.53. The molecule has 1 aromatic carbocycles. The van der Waals surface area contributed by atoms with Gasteiger partial charge in [0.15, 0.2) is 0 Å². The Balaban J connectivity index is 1.80. The van der Waals surface area contributed by atoms with Crippen LogP contribution in [0.25, 0.3) is 0 Å². The molecule has 0 aliphatic carbocycles. The third kappa shape index (κ3) is 3.24. The Morgan fingerprint density at radius 3 is 2.78 bits per heavy atom. The van der Waals surface area contributed by atoms with Crippen molar-refractivity contribution in [3.63, 3.8) is 0 Å². The normalized spacial score (nSPS) is 16.5. The summed E-state index contributed by atoms with van der Waals surface area (Å²) in [6.45, 7) is 0.820. The molecule has 1 amide bonds. The van der Waals surface area contributed by atoms with E-state index in [1.807, 2.05) is 0 Å². The maximum atomic E-state index is 12.5. The van der Waals surface area contributed by atoms with E-state index in [9.17, 15) is 13.2 Å². The molecule has 0 saturated carbocycles. The van der Waals surface area contributed by atoms with Gasteiger partial charge >= 0.3 is 0 Å². The smallest absolute Gasteiger partial charge is 0.254 e. The van der Waals surface area contributed by atoms with Crippen LogP contribution in [0.2, 0.25) is 0 Å². The number of nitrogens with zero attached hydrogens (tertiary/aromatic N) is 2. The summed E-state index contributed by atoms with van der Waals surface area (Å²) in [5.74, 6) is 0.669. The number of carbonyl (C=O) groups is 1. The number of rotatable bonds is 4. The van der Waals surface area contributed by atoms with E-state index in [0.29, 0.717) is 36.5 Å². The van der Waals surface area contributed by atoms with Gasteiger partial charge in [-0.25, -0.2) is 8.42 Å². The molecule has 1 aliphatic rings. The van der Waals surface area contributed by atoms with Gasteiger partial charge in [-0.15, -0.1) is 0 Å². The van der Waals surface area contributed by atoms with Gasteiger partial charge in [0.2, 0.25) is 10.0 Å². The third-order valence-electron chi connectivity index (χ3n) is 3.80. The summed E-state index contributed by atoms with van der Waals surface area (Å²) in [6, 6.07) is 10.3. The monoisotopic (exact) mass is 334 g/mol. The number of benzene rings is 1. The summed E-state index contributed by atoms with van der Waals surface area (Å²) < 4.78 is 30.6. The zero-order valence-corrected chi connectivity index (χ0v) is 13.6. The fourth-order valence-electron chi connectivity index (χ4n) is 2.65. The highest BCUT2D eigenvalue weighted by Crippen LogP contribution is 2.25. The molecular weight excluding hydrogens is 316 g/mol. The van der Waals surface area contributed by atoms with E-state index in [1.165, 1.54) is 9.21 Å². The molecule has 0 bridgehead atoms. The van der Waals surface area contributed by atoms with Crippen LogP contribution in [0, 0.1) is 0 Å². The Labute approximate surface area is 135 Å². The molecule has 1 aromatic heterocycles. The Morgan fingerprint density at radius 1 is 1.30 bits per heavy atom. The van der Waals surface area contributed by atoms with Crippen LogP contribution in [0.15, 0.2) is 47.1 Å². The average Bonchev–Trinajstić information content (AvgIpc) is 3.15. The lowest BCUT2D eigenvalue weighted by Gasteiger charge is -2.19. The van der Waals surface area contributed by atoms with Gasteiger partial charge in [-0.2, -0.15) is 0 Å². The maximum Gasteiger partial charge on any atom is 0.254 e. The highest BCUT2D eigenvalue weighted by atomic mass is 32.2. The minimum absolute atomic E-state index is 0.156. The molecule has 2 heterocycles. The summed E-state index contributed by atoms with van der Waals surface area (Å²) >= 11 is 0. The van der Waals surface area contributed by atoms with E-state index in [1.54, 1.807) is 49.7 Å². The quantitative estimate of drug-likeness (QED) is 0.858. The van der Waals surface area contributed by atoms with Crippen molar-refractivity contribution in [3.05, 3.63) is 54.0 Å². The first kappa shape index (κ1) is 15.6.